The average molecular weight is 418 g/mol. The molecule has 1 aliphatic rings. The zero-order valence-corrected chi connectivity index (χ0v) is 14.4. The van der Waals surface area contributed by atoms with Gasteiger partial charge in [-0.3, -0.25) is 0 Å². The molecule has 3 rings (SSSR count). The second-order valence-electron chi connectivity index (χ2n) is 4.80. The molecule has 104 valence electrons. The standard InChI is InChI=1S/C15H12Br2ClNO/c16-8-1-3-11-13(19)7-15(20-14(11)5-8)10-4-2-9(18)6-12(10)17/h1-6,13,15H,7,19H2. The van der Waals surface area contributed by atoms with Gasteiger partial charge in [-0.15, -0.1) is 0 Å². The van der Waals surface area contributed by atoms with Gasteiger partial charge in [-0.05, 0) is 24.3 Å². The first-order valence-electron chi connectivity index (χ1n) is 6.21. The summed E-state index contributed by atoms with van der Waals surface area (Å²) in [5.41, 5.74) is 8.38. The van der Waals surface area contributed by atoms with Gasteiger partial charge in [0.05, 0.1) is 0 Å². The van der Waals surface area contributed by atoms with Crippen molar-refractivity contribution >= 4 is 43.5 Å². The van der Waals surface area contributed by atoms with E-state index in [0.29, 0.717) is 5.02 Å². The fourth-order valence-corrected chi connectivity index (χ4v) is 3.71. The van der Waals surface area contributed by atoms with E-state index in [1.807, 2.05) is 36.4 Å². The van der Waals surface area contributed by atoms with E-state index >= 15 is 0 Å². The van der Waals surface area contributed by atoms with Crippen LogP contribution in [0.3, 0.4) is 0 Å². The lowest BCUT2D eigenvalue weighted by atomic mass is 9.94. The van der Waals surface area contributed by atoms with Crippen molar-refractivity contribution < 1.29 is 4.74 Å². The molecule has 2 N–H and O–H groups in total. The topological polar surface area (TPSA) is 35.2 Å². The van der Waals surface area contributed by atoms with Crippen molar-refractivity contribution in [2.24, 2.45) is 5.73 Å². The van der Waals surface area contributed by atoms with Crippen LogP contribution >= 0.6 is 43.5 Å². The third-order valence-corrected chi connectivity index (χ3v) is 4.84. The number of benzene rings is 2. The minimum atomic E-state index is -0.0709. The molecule has 5 heteroatoms. The van der Waals surface area contributed by atoms with Gasteiger partial charge in [-0.2, -0.15) is 0 Å². The molecule has 20 heavy (non-hydrogen) atoms. The summed E-state index contributed by atoms with van der Waals surface area (Å²) in [4.78, 5) is 0. The van der Waals surface area contributed by atoms with Crippen LogP contribution in [0.2, 0.25) is 5.02 Å². The van der Waals surface area contributed by atoms with Gasteiger partial charge in [0.1, 0.15) is 11.9 Å². The lowest BCUT2D eigenvalue weighted by molar-refractivity contribution is 0.161. The Kier molecular flexibility index (Phi) is 4.09. The van der Waals surface area contributed by atoms with Crippen LogP contribution in [-0.2, 0) is 0 Å². The van der Waals surface area contributed by atoms with E-state index in [0.717, 1.165) is 32.2 Å². The fraction of sp³-hybridized carbons (Fsp3) is 0.200. The molecule has 2 aromatic rings. The predicted octanol–water partition coefficient (Wildman–Crippen LogP) is 5.39. The molecule has 2 aromatic carbocycles. The molecule has 0 aliphatic carbocycles. The highest BCUT2D eigenvalue weighted by Crippen LogP contribution is 2.42. The monoisotopic (exact) mass is 415 g/mol. The second kappa shape index (κ2) is 5.68. The summed E-state index contributed by atoms with van der Waals surface area (Å²) < 4.78 is 8.04. The van der Waals surface area contributed by atoms with Crippen molar-refractivity contribution in [3.05, 3.63) is 61.5 Å². The molecule has 0 saturated heterocycles. The summed E-state index contributed by atoms with van der Waals surface area (Å²) in [6.45, 7) is 0. The van der Waals surface area contributed by atoms with Crippen LogP contribution in [0.15, 0.2) is 45.3 Å². The maximum absolute atomic E-state index is 6.27. The van der Waals surface area contributed by atoms with Crippen molar-refractivity contribution in [2.75, 3.05) is 0 Å². The van der Waals surface area contributed by atoms with Crippen molar-refractivity contribution in [3.8, 4) is 5.75 Å². The van der Waals surface area contributed by atoms with Crippen molar-refractivity contribution in [1.29, 1.82) is 0 Å². The smallest absolute Gasteiger partial charge is 0.127 e. The number of rotatable bonds is 1. The van der Waals surface area contributed by atoms with E-state index in [-0.39, 0.29) is 12.1 Å². The first kappa shape index (κ1) is 14.4. The lowest BCUT2D eigenvalue weighted by Gasteiger charge is -2.31. The lowest BCUT2D eigenvalue weighted by Crippen LogP contribution is -2.24. The van der Waals surface area contributed by atoms with Gasteiger partial charge in [0.25, 0.3) is 0 Å². The molecule has 0 saturated carbocycles. The molecule has 1 aliphatic heterocycles. The SMILES string of the molecule is NC1CC(c2ccc(Cl)cc2Br)Oc2cc(Br)ccc21. The van der Waals surface area contributed by atoms with E-state index in [1.54, 1.807) is 0 Å². The van der Waals surface area contributed by atoms with Crippen molar-refractivity contribution in [2.45, 2.75) is 18.6 Å². The highest BCUT2D eigenvalue weighted by Gasteiger charge is 2.28. The summed E-state index contributed by atoms with van der Waals surface area (Å²) in [6, 6.07) is 11.7. The molecule has 0 fully saturated rings. The summed E-state index contributed by atoms with van der Waals surface area (Å²) in [5, 5.41) is 0.698. The maximum Gasteiger partial charge on any atom is 0.127 e. The zero-order chi connectivity index (χ0) is 14.3. The third-order valence-electron chi connectivity index (χ3n) is 3.42. The molecule has 0 radical (unpaired) electrons. The van der Waals surface area contributed by atoms with Crippen LogP contribution in [0.1, 0.15) is 29.7 Å². The number of hydrogen-bond acceptors (Lipinski definition) is 2. The zero-order valence-electron chi connectivity index (χ0n) is 10.4. The van der Waals surface area contributed by atoms with Crippen molar-refractivity contribution in [1.82, 2.24) is 0 Å². The molecule has 0 amide bonds. The van der Waals surface area contributed by atoms with E-state index < -0.39 is 0 Å². The minimum Gasteiger partial charge on any atom is -0.485 e. The van der Waals surface area contributed by atoms with Gasteiger partial charge in [0.2, 0.25) is 0 Å². The first-order valence-corrected chi connectivity index (χ1v) is 8.17. The van der Waals surface area contributed by atoms with Crippen LogP contribution in [0, 0.1) is 0 Å². The van der Waals surface area contributed by atoms with Gasteiger partial charge in [-0.1, -0.05) is 55.6 Å². The Labute approximate surface area is 139 Å². The normalized spacial score (nSPS) is 21.2. The Bertz CT molecular complexity index is 662. The van der Waals surface area contributed by atoms with E-state index in [4.69, 9.17) is 22.1 Å². The maximum atomic E-state index is 6.27. The number of nitrogens with two attached hydrogens (primary N) is 1. The van der Waals surface area contributed by atoms with Gasteiger partial charge in [0.15, 0.2) is 0 Å². The van der Waals surface area contributed by atoms with Crippen LogP contribution < -0.4 is 10.5 Å². The molecule has 0 spiro atoms. The Hall–Kier alpha value is -0.550. The quantitative estimate of drug-likeness (QED) is 0.675. The molecule has 0 bridgehead atoms. The summed E-state index contributed by atoms with van der Waals surface area (Å²) in [5.74, 6) is 0.838. The number of hydrogen-bond donors (Lipinski definition) is 1. The Morgan fingerprint density at radius 1 is 1.10 bits per heavy atom. The van der Waals surface area contributed by atoms with Gasteiger partial charge in [0, 0.05) is 37.6 Å². The van der Waals surface area contributed by atoms with Gasteiger partial charge < -0.3 is 10.5 Å². The van der Waals surface area contributed by atoms with Crippen LogP contribution in [0.4, 0.5) is 0 Å². The van der Waals surface area contributed by atoms with Gasteiger partial charge >= 0.3 is 0 Å². The molecule has 2 nitrogen and oxygen atoms in total. The van der Waals surface area contributed by atoms with E-state index in [2.05, 4.69) is 31.9 Å². The summed E-state index contributed by atoms with van der Waals surface area (Å²) >= 11 is 13.0. The van der Waals surface area contributed by atoms with E-state index in [1.165, 1.54) is 0 Å². The molecule has 2 atom stereocenters. The first-order chi connectivity index (χ1) is 9.54. The Balaban J connectivity index is 1.98. The van der Waals surface area contributed by atoms with Crippen LogP contribution in [0.25, 0.3) is 0 Å². The molecule has 0 aromatic heterocycles. The highest BCUT2D eigenvalue weighted by molar-refractivity contribution is 9.10. The third kappa shape index (κ3) is 2.75. The number of fused-ring (bicyclic) bond motifs is 1. The molecular formula is C15H12Br2ClNO. The predicted molar refractivity (Wildman–Crippen MR) is 88.2 cm³/mol. The number of halogens is 3. The molecule has 1 heterocycles. The summed E-state index contributed by atoms with van der Waals surface area (Å²) in [6.07, 6.45) is 0.674. The average Bonchev–Trinajstić information content (AvgIpc) is 2.37. The van der Waals surface area contributed by atoms with Crippen molar-refractivity contribution in [3.63, 3.8) is 0 Å². The highest BCUT2D eigenvalue weighted by atomic mass is 79.9. The Morgan fingerprint density at radius 2 is 1.85 bits per heavy atom. The fourth-order valence-electron chi connectivity index (χ4n) is 2.43. The largest absolute Gasteiger partial charge is 0.485 e. The molecule has 2 unspecified atom stereocenters. The molecular weight excluding hydrogens is 405 g/mol. The summed E-state index contributed by atoms with van der Waals surface area (Å²) in [7, 11) is 0. The minimum absolute atomic E-state index is 0.0283. The van der Waals surface area contributed by atoms with E-state index in [9.17, 15) is 0 Å². The van der Waals surface area contributed by atoms with Crippen LogP contribution in [0.5, 0.6) is 5.75 Å². The second-order valence-corrected chi connectivity index (χ2v) is 7.00. The number of ether oxygens (including phenoxy) is 1. The van der Waals surface area contributed by atoms with Gasteiger partial charge in [-0.25, -0.2) is 0 Å². The van der Waals surface area contributed by atoms with Crippen LogP contribution in [-0.4, -0.2) is 0 Å². The Morgan fingerprint density at radius 3 is 2.60 bits per heavy atom.